The predicted molar refractivity (Wildman–Crippen MR) is 301 cm³/mol. The molecular weight excluding hydrogens is 915 g/mol. The highest BCUT2D eigenvalue weighted by atomic mass is 16.4. The lowest BCUT2D eigenvalue weighted by molar-refractivity contribution is -0.142. The standard InChI is InChI=1S/C8H15NO3.6C8H17NO/c1-5(2)4-7(8(11)12)9-6(3)10;6*1-6(2)5-7(3)9-8(4)10/h5,7H,4H2,1-3H3,(H,9,10)(H,11,12);6*6-7H,5H2,1-4H3,(H,9,10)/t7*7-/m0111111/s1/i1D3,5D,7D;5D2,6D,7D;2*1D3,5D2,7D;2*5D2,7D;1D3/hD3/t5?,7-;m;2*6?,7-;2m;6?,7-. The molecule has 0 spiro atoms. The van der Waals surface area contributed by atoms with Crippen LogP contribution in [0.1, 0.15) is 272 Å². The van der Waals surface area contributed by atoms with E-state index >= 15 is 0 Å². The van der Waals surface area contributed by atoms with Gasteiger partial charge >= 0.3 is 5.97 Å². The van der Waals surface area contributed by atoms with Crippen LogP contribution in [0.25, 0.3) is 0 Å². The van der Waals surface area contributed by atoms with E-state index in [2.05, 4.69) is 16.0 Å². The molecular formula is C56H117N7O9. The first kappa shape index (κ1) is 34.4. The van der Waals surface area contributed by atoms with Crippen molar-refractivity contribution in [1.82, 2.24) is 37.2 Å². The molecule has 16 heteroatoms. The van der Waals surface area contributed by atoms with Gasteiger partial charge in [-0.2, -0.15) is 0 Å². The highest BCUT2D eigenvalue weighted by molar-refractivity contribution is 5.82. The number of carbonyl (C=O) groups excluding carboxylic acids is 7. The average molecular weight is 1070 g/mol. The van der Waals surface area contributed by atoms with Crippen LogP contribution < -0.4 is 37.2 Å². The fraction of sp³-hybridized carbons (Fsp3) is 0.857. The Labute approximate surface area is 488 Å². The Kier molecular flexibility index (Phi) is 24.0. The molecule has 16 nitrogen and oxygen atoms in total. The Morgan fingerprint density at radius 3 is 0.958 bits per heavy atom. The maximum Gasteiger partial charge on any atom is 0.326 e. The zero-order chi connectivity index (χ0) is 87.6. The molecule has 0 saturated carbocycles. The van der Waals surface area contributed by atoms with Crippen molar-refractivity contribution in [2.45, 2.75) is 274 Å². The van der Waals surface area contributed by atoms with Gasteiger partial charge in [-0.3, -0.25) is 33.6 Å². The molecule has 0 bridgehead atoms. The first-order chi connectivity index (χ1) is 45.1. The van der Waals surface area contributed by atoms with E-state index in [0.717, 1.165) is 69.2 Å². The minimum absolute atomic E-state index is 0.0760. The molecule has 0 aliphatic heterocycles. The van der Waals surface area contributed by atoms with Crippen molar-refractivity contribution < 1.29 is 88.8 Å². The molecule has 0 aromatic carbocycles. The fourth-order valence-electron chi connectivity index (χ4n) is 4.84. The van der Waals surface area contributed by atoms with Crippen molar-refractivity contribution in [2.24, 2.45) is 41.4 Å². The van der Waals surface area contributed by atoms with Crippen LogP contribution in [-0.2, 0) is 38.4 Å². The molecule has 11 atom stereocenters. The van der Waals surface area contributed by atoms with E-state index in [0.29, 0.717) is 11.7 Å². The molecule has 0 heterocycles. The summed E-state index contributed by atoms with van der Waals surface area (Å²) in [5.41, 5.74) is 0. The molecule has 0 fully saturated rings. The number of amides is 7. The van der Waals surface area contributed by atoms with E-state index in [4.69, 9.17) is 50.5 Å². The van der Waals surface area contributed by atoms with Gasteiger partial charge in [-0.15, -0.1) is 0 Å². The van der Waals surface area contributed by atoms with Crippen molar-refractivity contribution in [2.75, 3.05) is 0 Å². The molecule has 4 unspecified atom stereocenters. The maximum absolute atomic E-state index is 11.0. The Balaban J connectivity index is -0.000000214. The minimum Gasteiger partial charge on any atom is -0.480 e. The van der Waals surface area contributed by atoms with Crippen molar-refractivity contribution >= 4 is 47.3 Å². The largest absolute Gasteiger partial charge is 0.480 e. The molecule has 0 saturated heterocycles. The summed E-state index contributed by atoms with van der Waals surface area (Å²) in [4.78, 5) is 86.8. The van der Waals surface area contributed by atoms with E-state index in [1.54, 1.807) is 34.6 Å². The van der Waals surface area contributed by atoms with Gasteiger partial charge in [0.2, 0.25) is 41.4 Å². The summed E-state index contributed by atoms with van der Waals surface area (Å²) in [5, 5.41) is 18.6. The van der Waals surface area contributed by atoms with Gasteiger partial charge in [0, 0.05) is 117 Å². The van der Waals surface area contributed by atoms with Crippen LogP contribution in [0.15, 0.2) is 0 Å². The molecule has 0 radical (unpaired) electrons. The van der Waals surface area contributed by atoms with Crippen LogP contribution in [-0.4, -0.2) is 94.6 Å². The number of aliphatic carboxylic acids is 1. The van der Waals surface area contributed by atoms with E-state index in [-0.39, 0.29) is 40.3 Å². The zero-order valence-electron chi connectivity index (χ0n) is 80.4. The van der Waals surface area contributed by atoms with Gasteiger partial charge in [-0.05, 0) is 128 Å². The number of carboxylic acid groups (broad SMARTS) is 1. The van der Waals surface area contributed by atoms with Gasteiger partial charge in [0.05, 0.1) is 8.22 Å². The summed E-state index contributed by atoms with van der Waals surface area (Å²) in [6.45, 7) is 20.4. The molecule has 0 rings (SSSR count). The maximum atomic E-state index is 11.0. The molecule has 0 aromatic heterocycles. The van der Waals surface area contributed by atoms with Crippen LogP contribution in [0.2, 0.25) is 4.24 Å². The number of hydrogen-bond donors (Lipinski definition) is 8. The van der Waals surface area contributed by atoms with Gasteiger partial charge in [0.15, 0.2) is 4.24 Å². The third kappa shape index (κ3) is 88.7. The molecule has 8 N–H and O–H groups in total. The number of hydrogen-bond acceptors (Lipinski definition) is 8. The first-order valence-corrected chi connectivity index (χ1v) is 22.9. The highest BCUT2D eigenvalue weighted by Gasteiger charge is 2.19. The lowest BCUT2D eigenvalue weighted by Crippen LogP contribution is -2.40. The van der Waals surface area contributed by atoms with Crippen molar-refractivity contribution in [1.29, 1.82) is 0 Å². The molecule has 72 heavy (non-hydrogen) atoms. The average Bonchev–Trinajstić information content (AvgIpc) is 0.778. The topological polar surface area (TPSA) is 241 Å². The Bertz CT molecular complexity index is 2790. The normalized spacial score (nSPS) is 26.3. The second kappa shape index (κ2) is 50.3. The van der Waals surface area contributed by atoms with E-state index in [1.165, 1.54) is 48.5 Å². The highest BCUT2D eigenvalue weighted by Crippen LogP contribution is 2.07. The lowest BCUT2D eigenvalue weighted by atomic mass is 10.0. The Hall–Kier alpha value is -4.24. The predicted octanol–water partition coefficient (Wildman–Crippen LogP) is 9.96. The van der Waals surface area contributed by atoms with Crippen molar-refractivity contribution in [3.05, 3.63) is 0 Å². The van der Waals surface area contributed by atoms with Crippen LogP contribution in [0.4, 0.5) is 0 Å². The monoisotopic (exact) mass is 1070 g/mol. The quantitative estimate of drug-likeness (QED) is 0.0514. The minimum atomic E-state index is -2.74. The van der Waals surface area contributed by atoms with Crippen LogP contribution >= 0.6 is 0 Å². The van der Waals surface area contributed by atoms with Crippen molar-refractivity contribution in [3.63, 3.8) is 0 Å². The smallest absolute Gasteiger partial charge is 0.326 e. The Morgan fingerprint density at radius 2 is 0.694 bits per heavy atom. The van der Waals surface area contributed by atoms with Crippen LogP contribution in [0.5, 0.6) is 0 Å². The SMILES string of the molecule is [2H]C([2H])(C(C)C)[C@@]([2H])(C)NC(C)=O.[2H]C([2H])([2H])C(C)C([2H])([2H])[C@@]([2H])(C)NC(C)=O.[2H]C([2H])([2H])C(C)C[C@@H](C)NC(C)=O.[2H]C([2H])([2H])C([2H])(C)C[C@]([2H])(NC(C)=O)C(=O)O.[2H]N(C(C)=O)[C@]([2H])(C)C([2H])([2H])C(C)C.[2H]N(C(C)=O)[C@]([2H])(C)C([2H])([2H])C(C)C([2H])([2H])[2H].[2H]N(C(C)=O)[C@]([2H])(C)C([2H])([2H])C([2H])(C)C. The van der Waals surface area contributed by atoms with Gasteiger partial charge in [-0.25, -0.2) is 4.79 Å². The van der Waals surface area contributed by atoms with Gasteiger partial charge in [0.25, 0.3) is 0 Å². The number of nitrogens with one attached hydrogen (secondary N) is 7. The fourth-order valence-corrected chi connectivity index (χ4v) is 4.84. The van der Waals surface area contributed by atoms with E-state index < -0.39 is 167 Å². The summed E-state index contributed by atoms with van der Waals surface area (Å²) in [5.74, 6) is -13.4. The molecule has 0 aliphatic carbocycles. The third-order valence-corrected chi connectivity index (χ3v) is 6.18. The van der Waals surface area contributed by atoms with Gasteiger partial charge in [-0.1, -0.05) is 96.6 Å². The molecule has 0 aliphatic rings. The van der Waals surface area contributed by atoms with E-state index in [1.807, 2.05) is 12.2 Å². The number of carbonyl (C=O) groups is 8. The summed E-state index contributed by atoms with van der Waals surface area (Å²) in [7, 11) is 0. The third-order valence-electron chi connectivity index (χ3n) is 6.18. The second-order valence-electron chi connectivity index (χ2n) is 16.9. The summed E-state index contributed by atoms with van der Waals surface area (Å²) < 4.78 is 246. The summed E-state index contributed by atoms with van der Waals surface area (Å²) in [6, 6.07) is -12.4. The lowest BCUT2D eigenvalue weighted by Gasteiger charge is -2.14. The van der Waals surface area contributed by atoms with E-state index in [9.17, 15) is 38.4 Å². The number of carboxylic acids is 1. The first-order valence-electron chi connectivity index (χ1n) is 39.2. The zero-order valence-corrected chi connectivity index (χ0v) is 47.4. The van der Waals surface area contributed by atoms with Gasteiger partial charge < -0.3 is 42.3 Å². The van der Waals surface area contributed by atoms with Crippen molar-refractivity contribution in [3.8, 4) is 0 Å². The number of rotatable bonds is 22. The Morgan fingerprint density at radius 1 is 0.389 bits per heavy atom. The van der Waals surface area contributed by atoms with Gasteiger partial charge in [0.1, 0.15) is 6.02 Å². The van der Waals surface area contributed by atoms with Crippen LogP contribution in [0.3, 0.4) is 0 Å². The molecule has 7 amide bonds. The molecule has 430 valence electrons. The summed E-state index contributed by atoms with van der Waals surface area (Å²) in [6.07, 6.45) is -11.2. The second-order valence-corrected chi connectivity index (χ2v) is 16.9. The van der Waals surface area contributed by atoms with Crippen LogP contribution in [0, 0.1) is 41.4 Å². The molecule has 0 aromatic rings. The summed E-state index contributed by atoms with van der Waals surface area (Å²) >= 11 is 0.